The second-order valence-electron chi connectivity index (χ2n) is 23.8. The Labute approximate surface area is 651 Å². The van der Waals surface area contributed by atoms with Gasteiger partial charge in [0.1, 0.15) is 62.4 Å². The average Bonchev–Trinajstić information content (AvgIpc) is 0.717. The van der Waals surface area contributed by atoms with Gasteiger partial charge in [0.15, 0.2) is 45.9 Å². The van der Waals surface area contributed by atoms with Gasteiger partial charge in [-0.3, -0.25) is 57.5 Å². The molecule has 0 aliphatic rings. The van der Waals surface area contributed by atoms with Crippen LogP contribution in [0.5, 0.6) is 28.7 Å². The van der Waals surface area contributed by atoms with Crippen molar-refractivity contribution in [3.8, 4) is 40.6 Å². The molecule has 11 aromatic rings. The lowest BCUT2D eigenvalue weighted by atomic mass is 10.1. The first-order valence-corrected chi connectivity index (χ1v) is 33.4. The number of rotatable bonds is 24. The molecule has 0 radical (unpaired) electrons. The number of carbonyl (C=O) groups is 8. The van der Waals surface area contributed by atoms with Crippen molar-refractivity contribution in [2.75, 3.05) is 46.0 Å². The van der Waals surface area contributed by atoms with Gasteiger partial charge in [-0.1, -0.05) is 54.5 Å². The van der Waals surface area contributed by atoms with Crippen LogP contribution in [0.4, 0.5) is 39.5 Å². The zero-order chi connectivity index (χ0) is 86.7. The predicted octanol–water partition coefficient (Wildman–Crippen LogP) is 5.57. The second-order valence-corrected chi connectivity index (χ2v) is 23.8. The van der Waals surface area contributed by atoms with Gasteiger partial charge in [0.05, 0.1) is 38.5 Å². The van der Waals surface area contributed by atoms with Crippen LogP contribution in [0.2, 0.25) is 0 Å². The number of nitrogens with zero attached hydrogens (tertiary/aromatic N) is 6. The number of halogens is 9. The van der Waals surface area contributed by atoms with Gasteiger partial charge < -0.3 is 81.5 Å². The van der Waals surface area contributed by atoms with Crippen molar-refractivity contribution in [1.82, 2.24) is 50.2 Å². The first kappa shape index (κ1) is 87.9. The van der Waals surface area contributed by atoms with E-state index in [0.29, 0.717) is 20.6 Å². The number of nitrogens with one attached hydrogen (secondary N) is 4. The van der Waals surface area contributed by atoms with Gasteiger partial charge in [-0.05, 0) is 115 Å². The third kappa shape index (κ3) is 21.8. The minimum absolute atomic E-state index is 0.00195. The fraction of sp³-hybridized carbons (Fsp3) is 0.173. The number of benzene rings is 5. The number of carbonyl (C=O) groups excluding carboxylic acids is 4. The molecule has 118 heavy (non-hydrogen) atoms. The van der Waals surface area contributed by atoms with Crippen LogP contribution in [0.1, 0.15) is 76.2 Å². The average molecular weight is 1660 g/mol. The van der Waals surface area contributed by atoms with E-state index in [1.165, 1.54) is 85.2 Å². The first-order chi connectivity index (χ1) is 55.7. The number of aromatic hydroxyl groups is 4. The summed E-state index contributed by atoms with van der Waals surface area (Å²) in [7, 11) is 0. The highest BCUT2D eigenvalue weighted by Crippen LogP contribution is 2.34. The molecule has 0 unspecified atom stereocenters. The Morgan fingerprint density at radius 1 is 0.390 bits per heavy atom. The summed E-state index contributed by atoms with van der Waals surface area (Å²) < 4.78 is 117. The zero-order valence-electron chi connectivity index (χ0n) is 60.1. The molecule has 0 bridgehead atoms. The van der Waals surface area contributed by atoms with E-state index in [0.717, 1.165) is 58.0 Å². The molecule has 5 aromatic carbocycles. The van der Waals surface area contributed by atoms with E-state index in [9.17, 15) is 117 Å². The van der Waals surface area contributed by atoms with Crippen LogP contribution >= 0.6 is 0 Å². The highest BCUT2D eigenvalue weighted by atomic mass is 19.4. The molecule has 11 rings (SSSR count). The number of hydrogen-bond donors (Lipinski definition) is 12. The number of alkyl halides is 9. The maximum atomic E-state index is 12.8. The molecule has 0 fully saturated rings. The Kier molecular flexibility index (Phi) is 28.5. The number of para-hydroxylation sites is 2. The van der Waals surface area contributed by atoms with Crippen LogP contribution in [0, 0.1) is 11.8 Å². The summed E-state index contributed by atoms with van der Waals surface area (Å²) in [6.07, 6.45) is -10.6. The number of aromatic nitrogens is 6. The predicted molar refractivity (Wildman–Crippen MR) is 391 cm³/mol. The summed E-state index contributed by atoms with van der Waals surface area (Å²) in [5, 5.41) is 84.3. The Morgan fingerprint density at radius 2 is 0.686 bits per heavy atom. The van der Waals surface area contributed by atoms with E-state index >= 15 is 0 Å². The maximum absolute atomic E-state index is 12.8. The summed E-state index contributed by atoms with van der Waals surface area (Å²) in [4.78, 5) is 172. The minimum atomic E-state index is -4.57. The molecule has 34 nitrogen and oxygen atoms in total. The van der Waals surface area contributed by atoms with Gasteiger partial charge in [-0.15, -0.1) is 24.8 Å². The highest BCUT2D eigenvalue weighted by Gasteiger charge is 2.34. The smallest absolute Gasteiger partial charge is 0.416 e. The van der Waals surface area contributed by atoms with Gasteiger partial charge in [-0.25, -0.2) is 9.97 Å². The van der Waals surface area contributed by atoms with Crippen molar-refractivity contribution in [1.29, 1.82) is 0 Å². The number of carboxylic acid groups (broad SMARTS) is 4. The summed E-state index contributed by atoms with van der Waals surface area (Å²) in [6.45, 7) is -1.84. The molecule has 12 N–H and O–H groups in total. The Hall–Kier alpha value is -15.7. The molecule has 43 heteroatoms. The molecule has 0 saturated carbocycles. The van der Waals surface area contributed by atoms with Crippen LogP contribution in [0.25, 0.3) is 43.9 Å². The molecule has 0 aliphatic heterocycles. The normalized spacial score (nSPS) is 11.0. The molecule has 6 heterocycles. The number of amides is 4. The SMILES string of the molecule is CC#CCOn1c(=O)c(C(=O)NCC(=O)O)c(O)c2ccccc21.O=C(O)CNC(=O)c1c(O)c2ccccc2n(OCCc2ccc(C(F)(F)F)cc2)c1=O.O=C(O)CNC(=O)c1c(O)c2cccnc2n(OCCc2ccc(C(F)(F)F)cc2)c1=O.O=C(O)CNC(=O)c1c(O)c2cccnc2n(Oc2ccc(C(F)(F)F)cc2)c1=O. The minimum Gasteiger partial charge on any atom is -0.506 e. The molecule has 0 aliphatic carbocycles. The van der Waals surface area contributed by atoms with Crippen molar-refractivity contribution >= 4 is 91.4 Å². The Balaban J connectivity index is 0.000000197. The lowest BCUT2D eigenvalue weighted by molar-refractivity contribution is -0.138. The Bertz CT molecular complexity index is 5810. The van der Waals surface area contributed by atoms with E-state index in [1.807, 2.05) is 21.3 Å². The third-order valence-electron chi connectivity index (χ3n) is 15.9. The van der Waals surface area contributed by atoms with Crippen molar-refractivity contribution < 1.29 is 138 Å². The van der Waals surface area contributed by atoms with Crippen molar-refractivity contribution in [3.05, 3.63) is 249 Å². The highest BCUT2D eigenvalue weighted by molar-refractivity contribution is 6.05. The molecule has 616 valence electrons. The fourth-order valence-corrected chi connectivity index (χ4v) is 10.4. The van der Waals surface area contributed by atoms with E-state index in [1.54, 1.807) is 31.2 Å². The molecule has 0 atom stereocenters. The first-order valence-electron chi connectivity index (χ1n) is 33.4. The molecular formula is C75H59F9N10O24. The Morgan fingerprint density at radius 3 is 1.03 bits per heavy atom. The summed E-state index contributed by atoms with van der Waals surface area (Å²) in [5.74, 6) is -7.34. The molecule has 4 amide bonds. The quantitative estimate of drug-likeness (QED) is 0.0260. The summed E-state index contributed by atoms with van der Waals surface area (Å²) >= 11 is 0. The second kappa shape index (κ2) is 38.2. The maximum Gasteiger partial charge on any atom is 0.416 e. The number of aliphatic carboxylic acids is 4. The lowest BCUT2D eigenvalue weighted by Gasteiger charge is -2.15. The van der Waals surface area contributed by atoms with E-state index in [-0.39, 0.29) is 82.3 Å². The third-order valence-corrected chi connectivity index (χ3v) is 15.9. The summed E-state index contributed by atoms with van der Waals surface area (Å²) in [6, 6.07) is 30.1. The zero-order valence-corrected chi connectivity index (χ0v) is 60.1. The van der Waals surface area contributed by atoms with Gasteiger partial charge in [-0.2, -0.15) is 39.5 Å². The number of fused-ring (bicyclic) bond motifs is 4. The van der Waals surface area contributed by atoms with Crippen LogP contribution in [-0.4, -0.2) is 163 Å². The molecular weight excluding hydrogens is 1600 g/mol. The number of hydrogen-bond acceptors (Lipinski definition) is 22. The van der Waals surface area contributed by atoms with Crippen LogP contribution in [0.3, 0.4) is 0 Å². The fourth-order valence-electron chi connectivity index (χ4n) is 10.4. The summed E-state index contributed by atoms with van der Waals surface area (Å²) in [5.41, 5.74) is -8.46. The van der Waals surface area contributed by atoms with Gasteiger partial charge in [0.2, 0.25) is 0 Å². The van der Waals surface area contributed by atoms with Crippen molar-refractivity contribution in [2.24, 2.45) is 0 Å². The van der Waals surface area contributed by atoms with Crippen LogP contribution in [-0.2, 0) is 50.5 Å². The van der Waals surface area contributed by atoms with Gasteiger partial charge in [0, 0.05) is 36.0 Å². The van der Waals surface area contributed by atoms with Crippen molar-refractivity contribution in [2.45, 2.75) is 38.3 Å². The topological polar surface area (TPSA) is 497 Å². The number of pyridine rings is 6. The van der Waals surface area contributed by atoms with Crippen LogP contribution < -0.4 is 62.9 Å². The lowest BCUT2D eigenvalue weighted by Crippen LogP contribution is -2.38. The van der Waals surface area contributed by atoms with E-state index in [4.69, 9.17) is 39.8 Å². The van der Waals surface area contributed by atoms with Gasteiger partial charge in [0.25, 0.3) is 34.7 Å². The van der Waals surface area contributed by atoms with E-state index < -0.39 is 176 Å². The van der Waals surface area contributed by atoms with Crippen LogP contribution in [0.15, 0.2) is 177 Å². The monoisotopic (exact) mass is 1650 g/mol. The molecule has 6 aromatic heterocycles. The van der Waals surface area contributed by atoms with Crippen molar-refractivity contribution in [3.63, 3.8) is 0 Å². The van der Waals surface area contributed by atoms with E-state index in [2.05, 4.69) is 21.8 Å². The molecule has 0 spiro atoms. The van der Waals surface area contributed by atoms with Gasteiger partial charge >= 0.3 is 53.5 Å². The largest absolute Gasteiger partial charge is 0.506 e. The molecule has 0 saturated heterocycles. The standard InChI is InChI=1S/C21H17F3N2O6.C20H16F3N3O6.C18H12F3N3O6.C16H14N2O6/c22-21(23,24)13-7-5-12(6-8-13)9-10-32-26-15-4-2-1-3-14(15)18(29)17(20(26)31)19(30)25-11-16(27)28;21-20(22,23)12-5-3-11(4-6-12)7-9-32-26-17-13(2-1-8-24-17)16(29)15(19(26)31)18(30)25-10-14(27)28;19-18(20,21)9-3-5-10(6-4-9)30-24-15-11(2-1-7-22-15)14(27)13(17(24)29)16(28)23-8-12(25)26;1-2-3-8-24-18-11-7-5-4-6-10(11)14(21)13(16(18)23)15(22)17-9-12(19)20/h1-8,29H,9-11H2,(H,25,30)(H,27,28);1-6,8,29H,7,9-10H2,(H,25,30)(H,27,28);1-7,27H,8H2,(H,23,28)(H,25,26);4-7,21H,8-9H2,1H3,(H,17,22)(H,19,20). The number of carboxylic acids is 4.